The van der Waals surface area contributed by atoms with E-state index >= 15 is 0 Å². The molecule has 0 saturated heterocycles. The summed E-state index contributed by atoms with van der Waals surface area (Å²) in [5.74, 6) is -0.359. The Balaban J connectivity index is 2.50. The second kappa shape index (κ2) is 6.08. The first kappa shape index (κ1) is 13.2. The van der Waals surface area contributed by atoms with Crippen molar-refractivity contribution in [2.45, 2.75) is 6.92 Å². The zero-order valence-electron chi connectivity index (χ0n) is 9.64. The van der Waals surface area contributed by atoms with Crippen LogP contribution in [0.25, 0.3) is 12.2 Å². The average Bonchev–Trinajstić information content (AvgIpc) is 2.90. The summed E-state index contributed by atoms with van der Waals surface area (Å²) >= 11 is 8.19. The van der Waals surface area contributed by atoms with Crippen LogP contribution in [-0.4, -0.2) is 17.6 Å². The largest absolute Gasteiger partial charge is 0.463 e. The average molecular weight is 297 g/mol. The molecule has 18 heavy (non-hydrogen) atoms. The summed E-state index contributed by atoms with van der Waals surface area (Å²) in [7, 11) is 0. The van der Waals surface area contributed by atoms with Crippen LogP contribution >= 0.6 is 34.9 Å². The highest BCUT2D eigenvalue weighted by molar-refractivity contribution is 7.73. The molecule has 0 spiro atoms. The fraction of sp³-hybridized carbons (Fsp3) is 0.167. The first-order valence-electron chi connectivity index (χ1n) is 5.32. The predicted molar refractivity (Wildman–Crippen MR) is 77.7 cm³/mol. The van der Waals surface area contributed by atoms with Gasteiger partial charge in [0.1, 0.15) is 0 Å². The molecule has 0 atom stereocenters. The van der Waals surface area contributed by atoms with Crippen molar-refractivity contribution in [3.63, 3.8) is 0 Å². The molecule has 6 heteroatoms. The number of aromatic nitrogens is 1. The SMILES string of the molecule is CCOC(=O)/C=c1\[nH]c(=S)s\c1=C/c1cccs1. The molecule has 2 aromatic heterocycles. The maximum Gasteiger partial charge on any atom is 0.332 e. The number of hydrogen-bond donors (Lipinski definition) is 1. The number of hydrogen-bond acceptors (Lipinski definition) is 5. The lowest BCUT2D eigenvalue weighted by molar-refractivity contribution is -0.135. The van der Waals surface area contributed by atoms with Crippen LogP contribution in [0.3, 0.4) is 0 Å². The number of nitrogens with one attached hydrogen (secondary N) is 1. The first-order valence-corrected chi connectivity index (χ1v) is 7.42. The number of thiazole rings is 1. The second-order valence-corrected chi connectivity index (χ2v) is 6.05. The number of aromatic amines is 1. The van der Waals surface area contributed by atoms with Crippen molar-refractivity contribution in [3.05, 3.63) is 36.2 Å². The molecule has 0 bridgehead atoms. The number of ether oxygens (including phenoxy) is 1. The summed E-state index contributed by atoms with van der Waals surface area (Å²) in [6, 6.07) is 4.00. The standard InChI is InChI=1S/C12H11NO2S3/c1-2-15-11(14)7-9-10(18-12(16)13-9)6-8-4-3-5-17-8/h3-7H,2H2,1H3,(H,13,16)/b9-7-,10-6-. The Labute approximate surface area is 117 Å². The number of carbonyl (C=O) groups is 1. The fourth-order valence-corrected chi connectivity index (χ4v) is 3.25. The van der Waals surface area contributed by atoms with E-state index in [2.05, 4.69) is 4.98 Å². The van der Waals surface area contributed by atoms with Gasteiger partial charge < -0.3 is 9.72 Å². The molecule has 2 rings (SSSR count). The van der Waals surface area contributed by atoms with E-state index in [1.807, 2.05) is 23.6 Å². The van der Waals surface area contributed by atoms with Crippen molar-refractivity contribution in [2.75, 3.05) is 6.61 Å². The number of thiophene rings is 1. The van der Waals surface area contributed by atoms with Crippen LogP contribution < -0.4 is 9.88 Å². The summed E-state index contributed by atoms with van der Waals surface area (Å²) in [6.45, 7) is 2.14. The van der Waals surface area contributed by atoms with Crippen LogP contribution in [0.5, 0.6) is 0 Å². The molecular formula is C12H11NO2S3. The van der Waals surface area contributed by atoms with Crippen molar-refractivity contribution in [3.8, 4) is 0 Å². The van der Waals surface area contributed by atoms with Gasteiger partial charge in [-0.1, -0.05) is 6.07 Å². The van der Waals surface area contributed by atoms with E-state index < -0.39 is 0 Å². The minimum Gasteiger partial charge on any atom is -0.463 e. The predicted octanol–water partition coefficient (Wildman–Crippen LogP) is 2.04. The lowest BCUT2D eigenvalue weighted by Crippen LogP contribution is -2.23. The molecule has 0 aliphatic carbocycles. The number of carbonyl (C=O) groups excluding carboxylic acids is 1. The van der Waals surface area contributed by atoms with E-state index in [0.717, 1.165) is 9.41 Å². The second-order valence-electron chi connectivity index (χ2n) is 3.35. The van der Waals surface area contributed by atoms with Crippen molar-refractivity contribution in [1.82, 2.24) is 4.98 Å². The smallest absolute Gasteiger partial charge is 0.332 e. The van der Waals surface area contributed by atoms with Crippen LogP contribution in [0, 0.1) is 3.95 Å². The van der Waals surface area contributed by atoms with E-state index in [4.69, 9.17) is 17.0 Å². The Morgan fingerprint density at radius 2 is 2.44 bits per heavy atom. The monoisotopic (exact) mass is 297 g/mol. The van der Waals surface area contributed by atoms with Crippen molar-refractivity contribution >= 4 is 53.0 Å². The van der Waals surface area contributed by atoms with Gasteiger partial charge in [-0.15, -0.1) is 22.7 Å². The van der Waals surface area contributed by atoms with Gasteiger partial charge in [-0.25, -0.2) is 4.79 Å². The lowest BCUT2D eigenvalue weighted by Gasteiger charge is -1.92. The summed E-state index contributed by atoms with van der Waals surface area (Å²) in [4.78, 5) is 15.6. The fourth-order valence-electron chi connectivity index (χ4n) is 1.37. The van der Waals surface area contributed by atoms with Crippen LogP contribution in [-0.2, 0) is 9.53 Å². The first-order chi connectivity index (χ1) is 8.69. The minimum atomic E-state index is -0.359. The van der Waals surface area contributed by atoms with Crippen LogP contribution in [0.15, 0.2) is 17.5 Å². The van der Waals surface area contributed by atoms with Gasteiger partial charge in [-0.2, -0.15) is 0 Å². The summed E-state index contributed by atoms with van der Waals surface area (Å²) in [6.07, 6.45) is 3.45. The van der Waals surface area contributed by atoms with Gasteiger partial charge >= 0.3 is 5.97 Å². The van der Waals surface area contributed by atoms with Crippen molar-refractivity contribution in [1.29, 1.82) is 0 Å². The zero-order chi connectivity index (χ0) is 13.0. The van der Waals surface area contributed by atoms with E-state index in [1.54, 1.807) is 18.3 Å². The third kappa shape index (κ3) is 3.38. The Bertz CT molecular complexity index is 695. The Hall–Kier alpha value is -1.24. The highest BCUT2D eigenvalue weighted by Gasteiger charge is 1.98. The lowest BCUT2D eigenvalue weighted by atomic mass is 10.4. The molecule has 0 amide bonds. The van der Waals surface area contributed by atoms with E-state index in [1.165, 1.54) is 17.4 Å². The molecule has 0 aliphatic heterocycles. The van der Waals surface area contributed by atoms with Gasteiger partial charge in [0.2, 0.25) is 0 Å². The molecule has 2 aromatic rings. The molecular weight excluding hydrogens is 286 g/mol. The van der Waals surface area contributed by atoms with Crippen LogP contribution in [0.1, 0.15) is 11.8 Å². The molecule has 0 aromatic carbocycles. The molecule has 3 nitrogen and oxygen atoms in total. The maximum absolute atomic E-state index is 11.4. The zero-order valence-corrected chi connectivity index (χ0v) is 12.1. The molecule has 94 valence electrons. The summed E-state index contributed by atoms with van der Waals surface area (Å²) < 4.78 is 6.48. The van der Waals surface area contributed by atoms with E-state index in [-0.39, 0.29) is 5.97 Å². The van der Waals surface area contributed by atoms with E-state index in [0.29, 0.717) is 15.9 Å². The minimum absolute atomic E-state index is 0.359. The van der Waals surface area contributed by atoms with Gasteiger partial charge in [-0.3, -0.25) is 0 Å². The van der Waals surface area contributed by atoms with Gasteiger partial charge in [0, 0.05) is 11.0 Å². The number of esters is 1. The van der Waals surface area contributed by atoms with Crippen molar-refractivity contribution in [2.24, 2.45) is 0 Å². The summed E-state index contributed by atoms with van der Waals surface area (Å²) in [5, 5.41) is 2.71. The van der Waals surface area contributed by atoms with Gasteiger partial charge in [0.15, 0.2) is 3.95 Å². The molecule has 0 radical (unpaired) electrons. The Morgan fingerprint density at radius 1 is 1.61 bits per heavy atom. The molecule has 2 heterocycles. The third-order valence-corrected chi connectivity index (χ3v) is 4.09. The molecule has 0 saturated carbocycles. The van der Waals surface area contributed by atoms with Gasteiger partial charge in [0.05, 0.1) is 16.5 Å². The Kier molecular flexibility index (Phi) is 4.46. The highest BCUT2D eigenvalue weighted by atomic mass is 32.1. The van der Waals surface area contributed by atoms with Crippen LogP contribution in [0.2, 0.25) is 0 Å². The Morgan fingerprint density at radius 3 is 3.11 bits per heavy atom. The molecule has 0 unspecified atom stereocenters. The molecule has 1 N–H and O–H groups in total. The number of H-pyrrole nitrogens is 1. The van der Waals surface area contributed by atoms with E-state index in [9.17, 15) is 4.79 Å². The molecule has 0 fully saturated rings. The number of rotatable bonds is 3. The highest BCUT2D eigenvalue weighted by Crippen LogP contribution is 2.08. The topological polar surface area (TPSA) is 42.1 Å². The molecule has 0 aliphatic rings. The van der Waals surface area contributed by atoms with Gasteiger partial charge in [-0.05, 0) is 36.7 Å². The van der Waals surface area contributed by atoms with Crippen molar-refractivity contribution < 1.29 is 9.53 Å². The quantitative estimate of drug-likeness (QED) is 0.696. The normalized spacial score (nSPS) is 12.9. The third-order valence-electron chi connectivity index (χ3n) is 2.07. The summed E-state index contributed by atoms with van der Waals surface area (Å²) in [5.41, 5.74) is 0. The van der Waals surface area contributed by atoms with Gasteiger partial charge in [0.25, 0.3) is 0 Å². The van der Waals surface area contributed by atoms with Crippen LogP contribution in [0.4, 0.5) is 0 Å². The maximum atomic E-state index is 11.4.